The van der Waals surface area contributed by atoms with Gasteiger partial charge in [0.05, 0.1) is 12.3 Å². The molecule has 1 amide bonds. The van der Waals surface area contributed by atoms with Gasteiger partial charge in [0.15, 0.2) is 0 Å². The maximum atomic E-state index is 11.9. The number of rotatable bonds is 7. The minimum atomic E-state index is -0.0501. The highest BCUT2D eigenvalue weighted by atomic mass is 32.2. The number of hydrogen-bond donors (Lipinski definition) is 1. The third kappa shape index (κ3) is 4.46. The first-order valence-corrected chi connectivity index (χ1v) is 9.41. The Hall–Kier alpha value is -2.12. The zero-order valence-corrected chi connectivity index (χ0v) is 14.8. The number of aromatic nitrogens is 2. The second-order valence-corrected chi connectivity index (χ2v) is 7.21. The van der Waals surface area contributed by atoms with Crippen LogP contribution in [-0.4, -0.2) is 21.9 Å². The van der Waals surface area contributed by atoms with Crippen molar-refractivity contribution < 1.29 is 9.21 Å². The predicted octanol–water partition coefficient (Wildman–Crippen LogP) is 3.77. The Labute approximate surface area is 148 Å². The molecule has 124 valence electrons. The Bertz CT molecular complexity index is 799. The molecule has 0 bridgehead atoms. The zero-order valence-electron chi connectivity index (χ0n) is 13.2. The predicted molar refractivity (Wildman–Crippen MR) is 96.0 cm³/mol. The number of benzene rings is 1. The molecule has 2 heterocycles. The molecule has 0 aliphatic heterocycles. The van der Waals surface area contributed by atoms with Crippen molar-refractivity contribution in [3.8, 4) is 11.5 Å². The number of nitrogens with one attached hydrogen (secondary N) is 1. The van der Waals surface area contributed by atoms with Crippen molar-refractivity contribution in [3.63, 3.8) is 0 Å². The van der Waals surface area contributed by atoms with Gasteiger partial charge in [-0.1, -0.05) is 36.9 Å². The number of thioether (sulfide) groups is 1. The number of amides is 1. The van der Waals surface area contributed by atoms with Crippen molar-refractivity contribution in [1.82, 2.24) is 15.5 Å². The summed E-state index contributed by atoms with van der Waals surface area (Å²) in [5, 5.41) is 11.3. The van der Waals surface area contributed by atoms with E-state index < -0.39 is 0 Å². The molecular formula is C17H17N3O2S2. The fraction of sp³-hybridized carbons (Fsp3) is 0.235. The first-order chi connectivity index (χ1) is 11.7. The van der Waals surface area contributed by atoms with E-state index in [9.17, 15) is 4.79 Å². The second-order valence-electron chi connectivity index (χ2n) is 5.03. The van der Waals surface area contributed by atoms with Crippen molar-refractivity contribution in [2.75, 3.05) is 5.75 Å². The fourth-order valence-corrected chi connectivity index (χ4v) is 3.53. The number of nitrogens with zero attached hydrogens (tertiary/aromatic N) is 2. The van der Waals surface area contributed by atoms with Crippen LogP contribution < -0.4 is 5.32 Å². The normalized spacial score (nSPS) is 10.7. The third-order valence-corrected chi connectivity index (χ3v) is 5.33. The van der Waals surface area contributed by atoms with Crippen molar-refractivity contribution >= 4 is 29.0 Å². The molecule has 5 nitrogen and oxygen atoms in total. The Morgan fingerprint density at radius 2 is 1.96 bits per heavy atom. The smallest absolute Gasteiger partial charge is 0.277 e. The summed E-state index contributed by atoms with van der Waals surface area (Å²) in [7, 11) is 0. The summed E-state index contributed by atoms with van der Waals surface area (Å²) in [6, 6.07) is 13.7. The van der Waals surface area contributed by atoms with Gasteiger partial charge in [-0.15, -0.1) is 21.5 Å². The second kappa shape index (κ2) is 8.12. The monoisotopic (exact) mass is 359 g/mol. The van der Waals surface area contributed by atoms with Crippen LogP contribution in [0.3, 0.4) is 0 Å². The molecule has 2 aromatic heterocycles. The lowest BCUT2D eigenvalue weighted by Crippen LogP contribution is -2.24. The number of carbonyl (C=O) groups is 1. The molecule has 1 N–H and O–H groups in total. The zero-order chi connectivity index (χ0) is 16.8. The van der Waals surface area contributed by atoms with Crippen molar-refractivity contribution in [2.45, 2.75) is 25.1 Å². The van der Waals surface area contributed by atoms with E-state index in [1.54, 1.807) is 11.3 Å². The SMILES string of the molecule is CCc1ccc(CNC(=O)CSc2nnc(-c3ccccc3)o2)s1. The Kier molecular flexibility index (Phi) is 5.66. The van der Waals surface area contributed by atoms with Gasteiger partial charge < -0.3 is 9.73 Å². The topological polar surface area (TPSA) is 68.0 Å². The van der Waals surface area contributed by atoms with Crippen LogP contribution in [0.1, 0.15) is 16.7 Å². The van der Waals surface area contributed by atoms with Crippen LogP contribution in [-0.2, 0) is 17.8 Å². The molecule has 1 aromatic carbocycles. The average molecular weight is 359 g/mol. The van der Waals surface area contributed by atoms with Crippen LogP contribution >= 0.6 is 23.1 Å². The van der Waals surface area contributed by atoms with Gasteiger partial charge in [0.2, 0.25) is 11.8 Å². The lowest BCUT2D eigenvalue weighted by atomic mass is 10.2. The van der Waals surface area contributed by atoms with Gasteiger partial charge in [-0.3, -0.25) is 4.79 Å². The van der Waals surface area contributed by atoms with Crippen molar-refractivity contribution in [3.05, 3.63) is 52.2 Å². The van der Waals surface area contributed by atoms with Crippen molar-refractivity contribution in [2.24, 2.45) is 0 Å². The Morgan fingerprint density at radius 1 is 1.17 bits per heavy atom. The fourth-order valence-electron chi connectivity index (χ4n) is 2.04. The minimum absolute atomic E-state index is 0.0501. The van der Waals surface area contributed by atoms with Gasteiger partial charge in [-0.2, -0.15) is 0 Å². The van der Waals surface area contributed by atoms with Gasteiger partial charge in [0.25, 0.3) is 5.22 Å². The standard InChI is InChI=1S/C17H17N3O2S2/c1-2-13-8-9-14(24-13)10-18-15(21)11-23-17-20-19-16(22-17)12-6-4-3-5-7-12/h3-9H,2,10-11H2,1H3,(H,18,21). The largest absolute Gasteiger partial charge is 0.411 e. The summed E-state index contributed by atoms with van der Waals surface area (Å²) in [5.41, 5.74) is 0.866. The number of aryl methyl sites for hydroxylation is 1. The van der Waals surface area contributed by atoms with E-state index in [-0.39, 0.29) is 11.7 Å². The van der Waals surface area contributed by atoms with Crippen LogP contribution in [0.25, 0.3) is 11.5 Å². The molecule has 0 saturated carbocycles. The van der Waals surface area contributed by atoms with Gasteiger partial charge in [-0.05, 0) is 30.7 Å². The summed E-state index contributed by atoms with van der Waals surface area (Å²) in [5.74, 6) is 0.665. The number of thiophene rings is 1. The first-order valence-electron chi connectivity index (χ1n) is 7.60. The molecule has 0 spiro atoms. The number of hydrogen-bond acceptors (Lipinski definition) is 6. The lowest BCUT2D eigenvalue weighted by Gasteiger charge is -2.01. The van der Waals surface area contributed by atoms with Gasteiger partial charge >= 0.3 is 0 Å². The number of carbonyl (C=O) groups excluding carboxylic acids is 1. The highest BCUT2D eigenvalue weighted by molar-refractivity contribution is 7.99. The molecule has 0 saturated heterocycles. The first kappa shape index (κ1) is 16.7. The third-order valence-electron chi connectivity index (χ3n) is 3.28. The summed E-state index contributed by atoms with van der Waals surface area (Å²) in [6.45, 7) is 2.68. The van der Waals surface area contributed by atoms with E-state index >= 15 is 0 Å². The molecule has 0 atom stereocenters. The quantitative estimate of drug-likeness (QED) is 0.651. The van der Waals surface area contributed by atoms with Crippen LogP contribution in [0.15, 0.2) is 52.1 Å². The average Bonchev–Trinajstić information content (AvgIpc) is 3.28. The molecule has 0 fully saturated rings. The molecule has 0 aliphatic rings. The molecule has 0 radical (unpaired) electrons. The molecule has 7 heteroatoms. The molecule has 0 unspecified atom stereocenters. The lowest BCUT2D eigenvalue weighted by molar-refractivity contribution is -0.118. The summed E-state index contributed by atoms with van der Waals surface area (Å²) >= 11 is 2.97. The maximum Gasteiger partial charge on any atom is 0.277 e. The summed E-state index contributed by atoms with van der Waals surface area (Å²) < 4.78 is 5.56. The molecule has 24 heavy (non-hydrogen) atoms. The van der Waals surface area contributed by atoms with E-state index in [0.717, 1.165) is 16.9 Å². The van der Waals surface area contributed by atoms with Gasteiger partial charge in [-0.25, -0.2) is 0 Å². The Morgan fingerprint density at radius 3 is 2.71 bits per heavy atom. The molecule has 3 aromatic rings. The summed E-state index contributed by atoms with van der Waals surface area (Å²) in [6.07, 6.45) is 1.02. The van der Waals surface area contributed by atoms with Crippen LogP contribution in [0.4, 0.5) is 0 Å². The van der Waals surface area contributed by atoms with Crippen LogP contribution in [0.5, 0.6) is 0 Å². The van der Waals surface area contributed by atoms with Gasteiger partial charge in [0.1, 0.15) is 0 Å². The van der Waals surface area contributed by atoms with Crippen molar-refractivity contribution in [1.29, 1.82) is 0 Å². The van der Waals surface area contributed by atoms with E-state index in [1.165, 1.54) is 16.6 Å². The molecule has 3 rings (SSSR count). The minimum Gasteiger partial charge on any atom is -0.411 e. The highest BCUT2D eigenvalue weighted by Gasteiger charge is 2.11. The van der Waals surface area contributed by atoms with Crippen LogP contribution in [0, 0.1) is 0 Å². The van der Waals surface area contributed by atoms with E-state index in [1.807, 2.05) is 30.3 Å². The van der Waals surface area contributed by atoms with Crippen LogP contribution in [0.2, 0.25) is 0 Å². The molecule has 0 aliphatic carbocycles. The van der Waals surface area contributed by atoms with Gasteiger partial charge in [0, 0.05) is 15.3 Å². The van der Waals surface area contributed by atoms with E-state index in [0.29, 0.717) is 17.7 Å². The summed E-state index contributed by atoms with van der Waals surface area (Å²) in [4.78, 5) is 14.4. The maximum absolute atomic E-state index is 11.9. The highest BCUT2D eigenvalue weighted by Crippen LogP contribution is 2.22. The molecular weight excluding hydrogens is 342 g/mol. The van der Waals surface area contributed by atoms with E-state index in [2.05, 4.69) is 34.6 Å². The Balaban J connectivity index is 1.47. The van der Waals surface area contributed by atoms with E-state index in [4.69, 9.17) is 4.42 Å².